The minimum Gasteiger partial charge on any atom is -0.493 e. The summed E-state index contributed by atoms with van der Waals surface area (Å²) in [6, 6.07) is 2.91. The maximum absolute atomic E-state index is 11.8. The van der Waals surface area contributed by atoms with Crippen LogP contribution in [0.5, 0.6) is 5.75 Å². The molecule has 1 aromatic rings. The van der Waals surface area contributed by atoms with E-state index in [4.69, 9.17) is 16.3 Å². The predicted molar refractivity (Wildman–Crippen MR) is 87.5 cm³/mol. The van der Waals surface area contributed by atoms with Gasteiger partial charge in [-0.1, -0.05) is 18.5 Å². The highest BCUT2D eigenvalue weighted by molar-refractivity contribution is 7.90. The van der Waals surface area contributed by atoms with E-state index in [0.29, 0.717) is 5.69 Å². The summed E-state index contributed by atoms with van der Waals surface area (Å²) in [5, 5.41) is 5.91. The molecule has 22 heavy (non-hydrogen) atoms. The first-order valence-electron chi connectivity index (χ1n) is 6.79. The smallest absolute Gasteiger partial charge is 0.239 e. The number of halogens is 1. The summed E-state index contributed by atoms with van der Waals surface area (Å²) >= 11 is 5.95. The van der Waals surface area contributed by atoms with Crippen LogP contribution in [0.2, 0.25) is 5.02 Å². The molecule has 0 saturated carbocycles. The monoisotopic (exact) mass is 348 g/mol. The number of carbonyl (C=O) groups is 1. The average Bonchev–Trinajstić information content (AvgIpc) is 2.43. The zero-order valence-electron chi connectivity index (χ0n) is 13.1. The largest absolute Gasteiger partial charge is 0.493 e. The number of methoxy groups -OCH3 is 1. The van der Waals surface area contributed by atoms with Crippen LogP contribution >= 0.6 is 11.6 Å². The van der Waals surface area contributed by atoms with Crippen molar-refractivity contribution < 1.29 is 17.9 Å². The van der Waals surface area contributed by atoms with Gasteiger partial charge in [-0.15, -0.1) is 0 Å². The summed E-state index contributed by atoms with van der Waals surface area (Å²) < 4.78 is 28.7. The second kappa shape index (κ2) is 7.69. The molecule has 0 bridgehead atoms. The Bertz CT molecular complexity index is 646. The Morgan fingerprint density at radius 2 is 2.05 bits per heavy atom. The molecular formula is C14H21ClN2O4S. The molecule has 0 aliphatic heterocycles. The van der Waals surface area contributed by atoms with Crippen LogP contribution in [0.4, 0.5) is 5.69 Å². The fourth-order valence-electron chi connectivity index (χ4n) is 1.79. The van der Waals surface area contributed by atoms with E-state index in [2.05, 4.69) is 10.6 Å². The SMILES string of the molecule is CCC(C)NC(=O)CNc1cc(Cl)cc(S(C)(=O)=O)c1OC. The molecule has 0 spiro atoms. The first-order valence-corrected chi connectivity index (χ1v) is 9.06. The summed E-state index contributed by atoms with van der Waals surface area (Å²) in [5.74, 6) is -0.0551. The van der Waals surface area contributed by atoms with Crippen LogP contribution in [0.1, 0.15) is 20.3 Å². The van der Waals surface area contributed by atoms with Gasteiger partial charge in [0.05, 0.1) is 19.3 Å². The Balaban J connectivity index is 3.00. The molecule has 124 valence electrons. The minimum atomic E-state index is -3.50. The maximum atomic E-state index is 11.8. The summed E-state index contributed by atoms with van der Waals surface area (Å²) in [7, 11) is -2.14. The van der Waals surface area contributed by atoms with Crippen molar-refractivity contribution >= 4 is 33.0 Å². The number of rotatable bonds is 7. The van der Waals surface area contributed by atoms with Crippen LogP contribution in [-0.2, 0) is 14.6 Å². The summed E-state index contributed by atoms with van der Waals surface area (Å²) in [4.78, 5) is 11.8. The lowest BCUT2D eigenvalue weighted by Crippen LogP contribution is -2.36. The van der Waals surface area contributed by atoms with Gasteiger partial charge in [0.1, 0.15) is 4.90 Å². The molecule has 1 unspecified atom stereocenters. The Kier molecular flexibility index (Phi) is 6.49. The highest BCUT2D eigenvalue weighted by Gasteiger charge is 2.19. The van der Waals surface area contributed by atoms with Gasteiger partial charge in [0.2, 0.25) is 5.91 Å². The van der Waals surface area contributed by atoms with Crippen molar-refractivity contribution in [1.29, 1.82) is 0 Å². The van der Waals surface area contributed by atoms with Crippen molar-refractivity contribution in [3.8, 4) is 5.75 Å². The van der Waals surface area contributed by atoms with Crippen LogP contribution < -0.4 is 15.4 Å². The third-order valence-electron chi connectivity index (χ3n) is 3.08. The Hall–Kier alpha value is -1.47. The molecule has 0 saturated heterocycles. The van der Waals surface area contributed by atoms with Gasteiger partial charge in [-0.25, -0.2) is 8.42 Å². The number of nitrogens with one attached hydrogen (secondary N) is 2. The average molecular weight is 349 g/mol. The second-order valence-electron chi connectivity index (χ2n) is 4.99. The summed E-state index contributed by atoms with van der Waals surface area (Å²) in [6.45, 7) is 3.86. The van der Waals surface area contributed by atoms with Crippen molar-refractivity contribution in [3.05, 3.63) is 17.2 Å². The van der Waals surface area contributed by atoms with Crippen molar-refractivity contribution in [3.63, 3.8) is 0 Å². The van der Waals surface area contributed by atoms with E-state index >= 15 is 0 Å². The van der Waals surface area contributed by atoms with E-state index in [1.54, 1.807) is 0 Å². The lowest BCUT2D eigenvalue weighted by atomic mass is 10.2. The lowest BCUT2D eigenvalue weighted by molar-refractivity contribution is -0.120. The molecule has 1 aromatic carbocycles. The predicted octanol–water partition coefficient (Wildman–Crippen LogP) is 2.08. The molecule has 0 aromatic heterocycles. The van der Waals surface area contributed by atoms with E-state index < -0.39 is 9.84 Å². The van der Waals surface area contributed by atoms with Crippen molar-refractivity contribution in [1.82, 2.24) is 5.32 Å². The molecule has 0 heterocycles. The number of amides is 1. The number of benzene rings is 1. The molecule has 1 rings (SSSR count). The van der Waals surface area contributed by atoms with Gasteiger partial charge in [0, 0.05) is 17.3 Å². The summed E-state index contributed by atoms with van der Waals surface area (Å²) in [5.41, 5.74) is 0.356. The first kappa shape index (κ1) is 18.6. The maximum Gasteiger partial charge on any atom is 0.239 e. The number of ether oxygens (including phenoxy) is 1. The second-order valence-corrected chi connectivity index (χ2v) is 7.41. The molecule has 1 atom stereocenters. The van der Waals surface area contributed by atoms with Crippen LogP contribution in [0.15, 0.2) is 17.0 Å². The van der Waals surface area contributed by atoms with Crippen molar-refractivity contribution in [2.75, 3.05) is 25.2 Å². The minimum absolute atomic E-state index is 0.00968. The molecular weight excluding hydrogens is 328 g/mol. The van der Waals surface area contributed by atoms with Gasteiger partial charge in [0.15, 0.2) is 15.6 Å². The number of anilines is 1. The van der Waals surface area contributed by atoms with Gasteiger partial charge >= 0.3 is 0 Å². The number of carbonyl (C=O) groups excluding carboxylic acids is 1. The highest BCUT2D eigenvalue weighted by Crippen LogP contribution is 2.35. The normalized spacial score (nSPS) is 12.6. The fourth-order valence-corrected chi connectivity index (χ4v) is 2.94. The first-order chi connectivity index (χ1) is 10.2. The third kappa shape index (κ3) is 5.06. The van der Waals surface area contributed by atoms with E-state index in [-0.39, 0.29) is 34.2 Å². The molecule has 1 amide bonds. The topological polar surface area (TPSA) is 84.5 Å². The Morgan fingerprint density at radius 3 is 2.55 bits per heavy atom. The van der Waals surface area contributed by atoms with E-state index in [0.717, 1.165) is 12.7 Å². The van der Waals surface area contributed by atoms with Gasteiger partial charge < -0.3 is 15.4 Å². The highest BCUT2D eigenvalue weighted by atomic mass is 35.5. The molecule has 8 heteroatoms. The lowest BCUT2D eigenvalue weighted by Gasteiger charge is -2.16. The number of sulfone groups is 1. The van der Waals surface area contributed by atoms with E-state index in [9.17, 15) is 13.2 Å². The molecule has 6 nitrogen and oxygen atoms in total. The Morgan fingerprint density at radius 1 is 1.41 bits per heavy atom. The third-order valence-corrected chi connectivity index (χ3v) is 4.40. The quantitative estimate of drug-likeness (QED) is 0.788. The van der Waals surface area contributed by atoms with Crippen LogP contribution in [-0.4, -0.2) is 40.3 Å². The van der Waals surface area contributed by atoms with Gasteiger partial charge in [-0.05, 0) is 25.5 Å². The zero-order chi connectivity index (χ0) is 16.9. The molecule has 0 radical (unpaired) electrons. The van der Waals surface area contributed by atoms with Crippen molar-refractivity contribution in [2.45, 2.75) is 31.2 Å². The summed E-state index contributed by atoms with van der Waals surface area (Å²) in [6.07, 6.45) is 1.89. The number of hydrogen-bond acceptors (Lipinski definition) is 5. The van der Waals surface area contributed by atoms with Gasteiger partial charge in [-0.2, -0.15) is 0 Å². The van der Waals surface area contributed by atoms with Crippen molar-refractivity contribution in [2.24, 2.45) is 0 Å². The molecule has 0 aliphatic carbocycles. The van der Waals surface area contributed by atoms with Crippen LogP contribution in [0, 0.1) is 0 Å². The fraction of sp³-hybridized carbons (Fsp3) is 0.500. The van der Waals surface area contributed by atoms with E-state index in [1.807, 2.05) is 13.8 Å². The molecule has 2 N–H and O–H groups in total. The number of hydrogen-bond donors (Lipinski definition) is 2. The Labute approximate surface area is 136 Å². The zero-order valence-corrected chi connectivity index (χ0v) is 14.6. The molecule has 0 aliphatic rings. The molecule has 0 fully saturated rings. The van der Waals surface area contributed by atoms with Crippen LogP contribution in [0.3, 0.4) is 0 Å². The van der Waals surface area contributed by atoms with Gasteiger partial charge in [-0.3, -0.25) is 4.79 Å². The standard InChI is InChI=1S/C14H21ClN2O4S/c1-5-9(2)17-13(18)8-16-11-6-10(15)7-12(14(11)21-3)22(4,19)20/h6-7,9,16H,5,8H2,1-4H3,(H,17,18). The van der Waals surface area contributed by atoms with Gasteiger partial charge in [0.25, 0.3) is 0 Å². The van der Waals surface area contributed by atoms with E-state index in [1.165, 1.54) is 19.2 Å². The van der Waals surface area contributed by atoms with Crippen LogP contribution in [0.25, 0.3) is 0 Å².